The van der Waals surface area contributed by atoms with Crippen LogP contribution in [-0.4, -0.2) is 35.7 Å². The summed E-state index contributed by atoms with van der Waals surface area (Å²) in [5.41, 5.74) is 0.236. The first-order chi connectivity index (χ1) is 14.0. The highest BCUT2D eigenvalue weighted by molar-refractivity contribution is 6.10. The fourth-order valence-electron chi connectivity index (χ4n) is 3.04. The lowest BCUT2D eigenvalue weighted by molar-refractivity contribution is -0.274. The van der Waals surface area contributed by atoms with Crippen LogP contribution in [0.4, 0.5) is 23.7 Å². The molecule has 10 heteroatoms. The van der Waals surface area contributed by atoms with Crippen molar-refractivity contribution in [2.45, 2.75) is 25.7 Å². The minimum Gasteiger partial charge on any atom is -0.406 e. The molecular formula is C20H18F3N3O4. The summed E-state index contributed by atoms with van der Waals surface area (Å²) in [4.78, 5) is 38.2. The van der Waals surface area contributed by atoms with E-state index in [-0.39, 0.29) is 5.69 Å². The predicted octanol–water partition coefficient (Wildman–Crippen LogP) is 3.30. The number of hydrogen-bond acceptors (Lipinski definition) is 4. The van der Waals surface area contributed by atoms with E-state index in [2.05, 4.69) is 15.4 Å². The third-order valence-electron chi connectivity index (χ3n) is 4.56. The molecule has 2 aromatic rings. The third kappa shape index (κ3) is 4.53. The molecule has 0 radical (unpaired) electrons. The minimum atomic E-state index is -4.87. The van der Waals surface area contributed by atoms with Gasteiger partial charge in [-0.3, -0.25) is 14.5 Å². The van der Waals surface area contributed by atoms with Gasteiger partial charge in [0, 0.05) is 11.8 Å². The molecule has 4 amide bonds. The molecule has 0 spiro atoms. The highest BCUT2D eigenvalue weighted by Crippen LogP contribution is 2.29. The van der Waals surface area contributed by atoms with Crippen molar-refractivity contribution in [1.29, 1.82) is 0 Å². The van der Waals surface area contributed by atoms with Crippen molar-refractivity contribution in [2.24, 2.45) is 0 Å². The molecule has 1 saturated heterocycles. The molecule has 0 aliphatic carbocycles. The van der Waals surface area contributed by atoms with Crippen molar-refractivity contribution in [2.75, 3.05) is 11.9 Å². The average Bonchev–Trinajstić information content (AvgIpc) is 2.85. The molecule has 7 nitrogen and oxygen atoms in total. The first kappa shape index (κ1) is 21.2. The standard InChI is InChI=1S/C20H18F3N3O4/c1-12-6-8-13(9-7-12)19(2)17(28)26(18(29)25-19)11-16(27)24-14-4-3-5-15(10-14)30-20(21,22)23/h3-10H,11H2,1-2H3,(H,24,27)(H,25,29). The Hall–Kier alpha value is -3.56. The number of rotatable bonds is 5. The highest BCUT2D eigenvalue weighted by Gasteiger charge is 2.49. The van der Waals surface area contributed by atoms with Crippen LogP contribution in [0.3, 0.4) is 0 Å². The molecule has 0 bridgehead atoms. The molecular weight excluding hydrogens is 403 g/mol. The fourth-order valence-corrected chi connectivity index (χ4v) is 3.04. The molecule has 1 unspecified atom stereocenters. The number of urea groups is 1. The number of alkyl halides is 3. The highest BCUT2D eigenvalue weighted by atomic mass is 19.4. The molecule has 1 atom stereocenters. The quantitative estimate of drug-likeness (QED) is 0.726. The maximum absolute atomic E-state index is 12.8. The average molecular weight is 421 g/mol. The molecule has 0 aromatic heterocycles. The summed E-state index contributed by atoms with van der Waals surface area (Å²) in [5.74, 6) is -1.88. The van der Waals surface area contributed by atoms with E-state index < -0.39 is 42.0 Å². The number of hydrogen-bond donors (Lipinski definition) is 2. The Morgan fingerprint density at radius 2 is 1.83 bits per heavy atom. The first-order valence-corrected chi connectivity index (χ1v) is 8.85. The largest absolute Gasteiger partial charge is 0.573 e. The summed E-state index contributed by atoms with van der Waals surface area (Å²) in [7, 11) is 0. The zero-order valence-electron chi connectivity index (χ0n) is 16.0. The van der Waals surface area contributed by atoms with E-state index in [0.717, 1.165) is 22.6 Å². The Kier molecular flexibility index (Phi) is 5.43. The van der Waals surface area contributed by atoms with Crippen LogP contribution in [0.15, 0.2) is 48.5 Å². The van der Waals surface area contributed by atoms with Gasteiger partial charge in [-0.2, -0.15) is 0 Å². The van der Waals surface area contributed by atoms with Crippen LogP contribution in [0, 0.1) is 6.92 Å². The smallest absolute Gasteiger partial charge is 0.406 e. The van der Waals surface area contributed by atoms with Gasteiger partial charge in [-0.1, -0.05) is 35.9 Å². The molecule has 1 aliphatic heterocycles. The van der Waals surface area contributed by atoms with Crippen molar-refractivity contribution in [1.82, 2.24) is 10.2 Å². The normalized spacial score (nSPS) is 18.9. The minimum absolute atomic E-state index is 0.0232. The summed E-state index contributed by atoms with van der Waals surface area (Å²) >= 11 is 0. The Labute approximate surface area is 169 Å². The Bertz CT molecular complexity index is 992. The number of ether oxygens (including phenoxy) is 1. The lowest BCUT2D eigenvalue weighted by Crippen LogP contribution is -2.42. The van der Waals surface area contributed by atoms with E-state index >= 15 is 0 Å². The van der Waals surface area contributed by atoms with E-state index in [9.17, 15) is 27.6 Å². The predicted molar refractivity (Wildman–Crippen MR) is 101 cm³/mol. The number of carbonyl (C=O) groups is 3. The van der Waals surface area contributed by atoms with E-state index in [1.165, 1.54) is 19.1 Å². The zero-order valence-corrected chi connectivity index (χ0v) is 16.0. The SMILES string of the molecule is Cc1ccc(C2(C)NC(=O)N(CC(=O)Nc3cccc(OC(F)(F)F)c3)C2=O)cc1. The maximum Gasteiger partial charge on any atom is 0.573 e. The zero-order chi connectivity index (χ0) is 22.1. The van der Waals surface area contributed by atoms with Crippen LogP contribution in [0.5, 0.6) is 5.75 Å². The van der Waals surface area contributed by atoms with Gasteiger partial charge in [0.25, 0.3) is 5.91 Å². The van der Waals surface area contributed by atoms with Crippen LogP contribution in [0.1, 0.15) is 18.1 Å². The number of imide groups is 1. The number of amides is 4. The molecule has 1 fully saturated rings. The van der Waals surface area contributed by atoms with Crippen LogP contribution in [0.25, 0.3) is 0 Å². The van der Waals surface area contributed by atoms with Gasteiger partial charge in [0.15, 0.2) is 0 Å². The van der Waals surface area contributed by atoms with Gasteiger partial charge in [-0.15, -0.1) is 13.2 Å². The number of anilines is 1. The number of nitrogens with zero attached hydrogens (tertiary/aromatic N) is 1. The second-order valence-electron chi connectivity index (χ2n) is 6.94. The fraction of sp³-hybridized carbons (Fsp3) is 0.250. The Balaban J connectivity index is 1.70. The second kappa shape index (κ2) is 7.69. The molecule has 30 heavy (non-hydrogen) atoms. The van der Waals surface area contributed by atoms with E-state index in [4.69, 9.17) is 0 Å². The summed E-state index contributed by atoms with van der Waals surface area (Å²) in [6.07, 6.45) is -4.87. The monoisotopic (exact) mass is 421 g/mol. The first-order valence-electron chi connectivity index (χ1n) is 8.85. The van der Waals surface area contributed by atoms with Crippen molar-refractivity contribution >= 4 is 23.5 Å². The van der Waals surface area contributed by atoms with Gasteiger partial charge < -0.3 is 15.4 Å². The number of aryl methyl sites for hydroxylation is 1. The molecule has 3 rings (SSSR count). The summed E-state index contributed by atoms with van der Waals surface area (Å²) in [6.45, 7) is 2.82. The molecule has 158 valence electrons. The van der Waals surface area contributed by atoms with Gasteiger partial charge in [0.05, 0.1) is 0 Å². The van der Waals surface area contributed by atoms with Crippen molar-refractivity contribution in [3.63, 3.8) is 0 Å². The number of halogens is 3. The molecule has 2 aromatic carbocycles. The van der Waals surface area contributed by atoms with Crippen molar-refractivity contribution in [3.05, 3.63) is 59.7 Å². The summed E-state index contributed by atoms with van der Waals surface area (Å²) < 4.78 is 40.8. The van der Waals surface area contributed by atoms with Crippen LogP contribution in [-0.2, 0) is 15.1 Å². The second-order valence-corrected chi connectivity index (χ2v) is 6.94. The maximum atomic E-state index is 12.8. The lowest BCUT2D eigenvalue weighted by atomic mass is 9.91. The van der Waals surface area contributed by atoms with Crippen LogP contribution < -0.4 is 15.4 Å². The molecule has 1 heterocycles. The number of nitrogens with one attached hydrogen (secondary N) is 2. The van der Waals surface area contributed by atoms with Gasteiger partial charge in [-0.05, 0) is 31.5 Å². The van der Waals surface area contributed by atoms with Crippen LogP contribution in [0.2, 0.25) is 0 Å². The number of benzene rings is 2. The lowest BCUT2D eigenvalue weighted by Gasteiger charge is -2.22. The van der Waals surface area contributed by atoms with Gasteiger partial charge in [-0.25, -0.2) is 4.79 Å². The van der Waals surface area contributed by atoms with Crippen LogP contribution >= 0.6 is 0 Å². The van der Waals surface area contributed by atoms with E-state index in [1.807, 2.05) is 6.92 Å². The summed E-state index contributed by atoms with van der Waals surface area (Å²) in [6, 6.07) is 10.9. The van der Waals surface area contributed by atoms with Crippen molar-refractivity contribution < 1.29 is 32.3 Å². The van der Waals surface area contributed by atoms with Gasteiger partial charge in [0.1, 0.15) is 17.8 Å². The Morgan fingerprint density at radius 3 is 2.47 bits per heavy atom. The molecule has 1 aliphatic rings. The third-order valence-corrected chi connectivity index (χ3v) is 4.56. The van der Waals surface area contributed by atoms with Gasteiger partial charge >= 0.3 is 12.4 Å². The van der Waals surface area contributed by atoms with E-state index in [1.54, 1.807) is 24.3 Å². The van der Waals surface area contributed by atoms with Crippen molar-refractivity contribution in [3.8, 4) is 5.75 Å². The van der Waals surface area contributed by atoms with Gasteiger partial charge in [0.2, 0.25) is 5.91 Å². The topological polar surface area (TPSA) is 87.7 Å². The molecule has 0 saturated carbocycles. The van der Waals surface area contributed by atoms with E-state index in [0.29, 0.717) is 5.56 Å². The Morgan fingerprint density at radius 1 is 1.17 bits per heavy atom. The molecule has 2 N–H and O–H groups in total. The summed E-state index contributed by atoms with van der Waals surface area (Å²) in [5, 5.41) is 4.93. The number of carbonyl (C=O) groups excluding carboxylic acids is 3.